The molecule has 2 N–H and O–H groups in total. The molecule has 0 saturated carbocycles. The van der Waals surface area contributed by atoms with Gasteiger partial charge in [0.15, 0.2) is 0 Å². The molecule has 0 aromatic heterocycles. The summed E-state index contributed by atoms with van der Waals surface area (Å²) in [6.07, 6.45) is -1.17. The quantitative estimate of drug-likeness (QED) is 0.733. The monoisotopic (exact) mass is 406 g/mol. The van der Waals surface area contributed by atoms with Gasteiger partial charge >= 0.3 is 12.1 Å². The summed E-state index contributed by atoms with van der Waals surface area (Å²) in [5.41, 5.74) is 2.40. The van der Waals surface area contributed by atoms with Crippen LogP contribution >= 0.6 is 0 Å². The van der Waals surface area contributed by atoms with E-state index in [0.29, 0.717) is 31.7 Å². The number of rotatable bonds is 4. The van der Waals surface area contributed by atoms with E-state index in [1.54, 1.807) is 17.0 Å². The lowest BCUT2D eigenvalue weighted by atomic mass is 9.95. The number of hydrogen-bond donors (Lipinski definition) is 2. The Balaban J connectivity index is 1.66. The van der Waals surface area contributed by atoms with Crippen molar-refractivity contribution in [3.8, 4) is 0 Å². The number of amides is 1. The standard InChI is InChI=1S/C21H30N2O6/c1-13-15(5-6-16-17(13)12-28-19(16)26)18(25)10-22-7-8-23(9-14(22)11-24)20(27)29-21(2,3)4/h5-6,14,18,24-25H,7-12H2,1-4H3/t14-,18+/m0/s1. The number of fused-ring (bicyclic) bond motifs is 1. The molecule has 1 aromatic carbocycles. The molecule has 29 heavy (non-hydrogen) atoms. The fraction of sp³-hybridized carbons (Fsp3) is 0.619. The van der Waals surface area contributed by atoms with Crippen LogP contribution in [0.25, 0.3) is 0 Å². The van der Waals surface area contributed by atoms with Gasteiger partial charge in [0.1, 0.15) is 12.2 Å². The molecule has 1 aromatic rings. The van der Waals surface area contributed by atoms with E-state index in [1.807, 2.05) is 32.6 Å². The van der Waals surface area contributed by atoms with Gasteiger partial charge in [-0.15, -0.1) is 0 Å². The highest BCUT2D eigenvalue weighted by atomic mass is 16.6. The first-order valence-corrected chi connectivity index (χ1v) is 9.91. The minimum atomic E-state index is -0.780. The van der Waals surface area contributed by atoms with Crippen LogP contribution in [0, 0.1) is 6.92 Å². The van der Waals surface area contributed by atoms with Gasteiger partial charge in [0.05, 0.1) is 24.3 Å². The first-order valence-electron chi connectivity index (χ1n) is 9.91. The molecule has 1 fully saturated rings. The van der Waals surface area contributed by atoms with Gasteiger partial charge in [-0.3, -0.25) is 4.90 Å². The van der Waals surface area contributed by atoms with Crippen molar-refractivity contribution in [1.82, 2.24) is 9.80 Å². The Morgan fingerprint density at radius 1 is 1.34 bits per heavy atom. The van der Waals surface area contributed by atoms with Crippen molar-refractivity contribution < 1.29 is 29.3 Å². The topological polar surface area (TPSA) is 99.5 Å². The molecular weight excluding hydrogens is 376 g/mol. The van der Waals surface area contributed by atoms with E-state index in [9.17, 15) is 19.8 Å². The Morgan fingerprint density at radius 3 is 2.72 bits per heavy atom. The van der Waals surface area contributed by atoms with Crippen LogP contribution < -0.4 is 0 Å². The second kappa shape index (κ2) is 8.30. The summed E-state index contributed by atoms with van der Waals surface area (Å²) in [6, 6.07) is 3.17. The number of β-amino-alcohol motifs (C(OH)–C–C–N with tert-alkyl or cyclic N) is 1. The van der Waals surface area contributed by atoms with Crippen LogP contribution in [0.15, 0.2) is 12.1 Å². The number of hydrogen-bond acceptors (Lipinski definition) is 7. The fourth-order valence-electron chi connectivity index (χ4n) is 3.85. The highest BCUT2D eigenvalue weighted by molar-refractivity contribution is 5.93. The zero-order valence-electron chi connectivity index (χ0n) is 17.5. The number of piperazine rings is 1. The van der Waals surface area contributed by atoms with Gasteiger partial charge in [-0.05, 0) is 44.9 Å². The molecule has 2 heterocycles. The summed E-state index contributed by atoms with van der Waals surface area (Å²) in [5.74, 6) is -0.331. The average Bonchev–Trinajstić information content (AvgIpc) is 3.02. The van der Waals surface area contributed by atoms with E-state index in [4.69, 9.17) is 9.47 Å². The highest BCUT2D eigenvalue weighted by Crippen LogP contribution is 2.30. The molecule has 0 bridgehead atoms. The molecular formula is C21H30N2O6. The molecule has 0 unspecified atom stereocenters. The maximum atomic E-state index is 12.3. The summed E-state index contributed by atoms with van der Waals surface area (Å²) in [7, 11) is 0. The summed E-state index contributed by atoms with van der Waals surface area (Å²) >= 11 is 0. The van der Waals surface area contributed by atoms with Crippen molar-refractivity contribution in [2.75, 3.05) is 32.8 Å². The number of aliphatic hydroxyl groups excluding tert-OH is 2. The van der Waals surface area contributed by atoms with Crippen molar-refractivity contribution in [2.45, 2.75) is 52.0 Å². The highest BCUT2D eigenvalue weighted by Gasteiger charge is 2.33. The molecule has 2 aliphatic heterocycles. The molecule has 1 amide bonds. The van der Waals surface area contributed by atoms with Crippen LogP contribution in [0.3, 0.4) is 0 Å². The second-order valence-electron chi connectivity index (χ2n) is 8.66. The molecule has 3 rings (SSSR count). The number of nitrogens with zero attached hydrogens (tertiary/aromatic N) is 2. The smallest absolute Gasteiger partial charge is 0.410 e. The zero-order valence-corrected chi connectivity index (χ0v) is 17.5. The summed E-state index contributed by atoms with van der Waals surface area (Å²) in [5, 5.41) is 20.7. The third-order valence-corrected chi connectivity index (χ3v) is 5.44. The van der Waals surface area contributed by atoms with Crippen LogP contribution in [0.1, 0.15) is 53.9 Å². The Hall–Kier alpha value is -2.16. The van der Waals surface area contributed by atoms with Crippen LogP contribution in [0.2, 0.25) is 0 Å². The summed E-state index contributed by atoms with van der Waals surface area (Å²) in [6.45, 7) is 9.08. The van der Waals surface area contributed by atoms with E-state index in [0.717, 1.165) is 16.7 Å². The van der Waals surface area contributed by atoms with Gasteiger partial charge in [-0.2, -0.15) is 0 Å². The lowest BCUT2D eigenvalue weighted by molar-refractivity contribution is -0.0148. The number of ether oxygens (including phenoxy) is 2. The summed E-state index contributed by atoms with van der Waals surface area (Å²) < 4.78 is 10.5. The first-order chi connectivity index (χ1) is 13.6. The van der Waals surface area contributed by atoms with Crippen molar-refractivity contribution in [3.63, 3.8) is 0 Å². The van der Waals surface area contributed by atoms with E-state index >= 15 is 0 Å². The minimum absolute atomic E-state index is 0.127. The third-order valence-electron chi connectivity index (χ3n) is 5.44. The van der Waals surface area contributed by atoms with E-state index in [-0.39, 0.29) is 25.2 Å². The first kappa shape index (κ1) is 21.5. The molecule has 2 aliphatic rings. The van der Waals surface area contributed by atoms with Crippen LogP contribution in [-0.4, -0.2) is 76.5 Å². The fourth-order valence-corrected chi connectivity index (χ4v) is 3.85. The number of benzene rings is 1. The molecule has 0 radical (unpaired) electrons. The minimum Gasteiger partial charge on any atom is -0.457 e. The number of carbonyl (C=O) groups excluding carboxylic acids is 2. The lowest BCUT2D eigenvalue weighted by Crippen LogP contribution is -2.57. The van der Waals surface area contributed by atoms with Gasteiger partial charge in [-0.25, -0.2) is 9.59 Å². The Bertz CT molecular complexity index is 788. The molecule has 1 saturated heterocycles. The molecule has 2 atom stereocenters. The molecule has 160 valence electrons. The van der Waals surface area contributed by atoms with E-state index < -0.39 is 17.8 Å². The predicted octanol–water partition coefficient (Wildman–Crippen LogP) is 1.61. The Morgan fingerprint density at radius 2 is 2.07 bits per heavy atom. The van der Waals surface area contributed by atoms with E-state index in [1.165, 1.54) is 0 Å². The average molecular weight is 406 g/mol. The van der Waals surface area contributed by atoms with Crippen molar-refractivity contribution >= 4 is 12.1 Å². The van der Waals surface area contributed by atoms with E-state index in [2.05, 4.69) is 0 Å². The number of carbonyl (C=O) groups is 2. The SMILES string of the molecule is Cc1c([C@H](O)CN2CCN(C(=O)OC(C)(C)C)C[C@H]2CO)ccc2c1COC2=O. The normalized spacial score (nSPS) is 21.0. The van der Waals surface area contributed by atoms with Crippen molar-refractivity contribution in [1.29, 1.82) is 0 Å². The number of esters is 1. The second-order valence-corrected chi connectivity index (χ2v) is 8.66. The van der Waals surface area contributed by atoms with Gasteiger partial charge in [0, 0.05) is 31.7 Å². The van der Waals surface area contributed by atoms with Gasteiger partial charge < -0.3 is 24.6 Å². The van der Waals surface area contributed by atoms with Gasteiger partial charge in [0.2, 0.25) is 0 Å². The maximum Gasteiger partial charge on any atom is 0.410 e. The third kappa shape index (κ3) is 4.71. The van der Waals surface area contributed by atoms with Crippen molar-refractivity contribution in [3.05, 3.63) is 34.4 Å². The molecule has 8 nitrogen and oxygen atoms in total. The zero-order chi connectivity index (χ0) is 21.3. The number of cyclic esters (lactones) is 1. The molecule has 0 aliphatic carbocycles. The van der Waals surface area contributed by atoms with Gasteiger partial charge in [0.25, 0.3) is 0 Å². The Kier molecular flexibility index (Phi) is 6.16. The van der Waals surface area contributed by atoms with Gasteiger partial charge in [-0.1, -0.05) is 6.07 Å². The van der Waals surface area contributed by atoms with Crippen molar-refractivity contribution in [2.24, 2.45) is 0 Å². The number of aliphatic hydroxyl groups is 2. The lowest BCUT2D eigenvalue weighted by Gasteiger charge is -2.41. The molecule has 8 heteroatoms. The Labute approximate surface area is 171 Å². The van der Waals surface area contributed by atoms with Crippen LogP contribution in [0.4, 0.5) is 4.79 Å². The molecule has 0 spiro atoms. The van der Waals surface area contributed by atoms with Crippen LogP contribution in [0.5, 0.6) is 0 Å². The maximum absolute atomic E-state index is 12.3. The predicted molar refractivity (Wildman–Crippen MR) is 106 cm³/mol. The van der Waals surface area contributed by atoms with Crippen LogP contribution in [-0.2, 0) is 16.1 Å². The largest absolute Gasteiger partial charge is 0.457 e. The summed E-state index contributed by atoms with van der Waals surface area (Å²) in [4.78, 5) is 27.6.